The zero-order chi connectivity index (χ0) is 13.6. The van der Waals surface area contributed by atoms with Crippen molar-refractivity contribution < 1.29 is 4.79 Å². The molecular weight excluding hydrogens is 236 g/mol. The fourth-order valence-corrected chi connectivity index (χ4v) is 3.09. The van der Waals surface area contributed by atoms with Gasteiger partial charge in [0, 0.05) is 36.6 Å². The summed E-state index contributed by atoms with van der Waals surface area (Å²) in [6.45, 7) is 5.14. The molecule has 2 heterocycles. The molecule has 19 heavy (non-hydrogen) atoms. The third kappa shape index (κ3) is 1.69. The van der Waals surface area contributed by atoms with Crippen molar-refractivity contribution in [3.05, 3.63) is 46.6 Å². The van der Waals surface area contributed by atoms with E-state index in [2.05, 4.69) is 42.1 Å². The number of carbonyl (C=O) groups is 1. The first-order valence-electron chi connectivity index (χ1n) is 6.64. The van der Waals surface area contributed by atoms with Crippen LogP contribution in [0.4, 0.5) is 0 Å². The van der Waals surface area contributed by atoms with E-state index in [9.17, 15) is 4.79 Å². The number of nitrogens with one attached hydrogen (secondary N) is 1. The number of amides is 1. The Morgan fingerprint density at radius 1 is 1.37 bits per heavy atom. The number of hydrogen-bond acceptors (Lipinski definition) is 1. The van der Waals surface area contributed by atoms with E-state index in [4.69, 9.17) is 0 Å². The lowest BCUT2D eigenvalue weighted by atomic mass is 9.87. The van der Waals surface area contributed by atoms with Gasteiger partial charge < -0.3 is 9.88 Å². The topological polar surface area (TPSA) is 34.0 Å². The van der Waals surface area contributed by atoms with Crippen molar-refractivity contribution in [2.75, 3.05) is 7.05 Å². The molecule has 0 bridgehead atoms. The Balaban J connectivity index is 2.27. The summed E-state index contributed by atoms with van der Waals surface area (Å²) < 4.78 is 2.29. The second kappa shape index (κ2) is 4.26. The van der Waals surface area contributed by atoms with Crippen LogP contribution >= 0.6 is 0 Å². The van der Waals surface area contributed by atoms with Gasteiger partial charge in [0.1, 0.15) is 0 Å². The fraction of sp³-hybridized carbons (Fsp3) is 0.312. The summed E-state index contributed by atoms with van der Waals surface area (Å²) in [5.41, 5.74) is 7.00. The van der Waals surface area contributed by atoms with Crippen LogP contribution in [0, 0.1) is 13.8 Å². The minimum absolute atomic E-state index is 0.00403. The molecule has 1 aliphatic heterocycles. The highest BCUT2D eigenvalue weighted by Crippen LogP contribution is 2.36. The average molecular weight is 254 g/mol. The highest BCUT2D eigenvalue weighted by molar-refractivity contribution is 5.97. The lowest BCUT2D eigenvalue weighted by Crippen LogP contribution is -2.21. The standard InChI is InChI=1S/C16H18N2O/c1-10-9-13(16(19)17-3)11(2)12-6-8-18-7-4-5-14(18)15(10)12/h4-5,7,9H,6,8H2,1-3H3,(H,17,19). The quantitative estimate of drug-likeness (QED) is 0.834. The Morgan fingerprint density at radius 2 is 2.16 bits per heavy atom. The van der Waals surface area contributed by atoms with Gasteiger partial charge in [-0.2, -0.15) is 0 Å². The zero-order valence-corrected chi connectivity index (χ0v) is 11.6. The van der Waals surface area contributed by atoms with Crippen molar-refractivity contribution in [3.8, 4) is 11.3 Å². The molecule has 3 nitrogen and oxygen atoms in total. The summed E-state index contributed by atoms with van der Waals surface area (Å²) in [4.78, 5) is 12.0. The molecule has 1 N–H and O–H groups in total. The smallest absolute Gasteiger partial charge is 0.251 e. The van der Waals surface area contributed by atoms with E-state index in [0.29, 0.717) is 0 Å². The molecule has 0 saturated heterocycles. The van der Waals surface area contributed by atoms with Gasteiger partial charge >= 0.3 is 0 Å². The summed E-state index contributed by atoms with van der Waals surface area (Å²) in [6.07, 6.45) is 3.12. The van der Waals surface area contributed by atoms with Crippen molar-refractivity contribution in [1.82, 2.24) is 9.88 Å². The van der Waals surface area contributed by atoms with Crippen molar-refractivity contribution in [2.45, 2.75) is 26.8 Å². The molecular formula is C16H18N2O. The van der Waals surface area contributed by atoms with Crippen LogP contribution in [0.5, 0.6) is 0 Å². The second-order valence-corrected chi connectivity index (χ2v) is 5.14. The van der Waals surface area contributed by atoms with E-state index < -0.39 is 0 Å². The molecule has 0 aliphatic carbocycles. The van der Waals surface area contributed by atoms with Crippen LogP contribution in [0.1, 0.15) is 27.0 Å². The Hall–Kier alpha value is -2.03. The maximum absolute atomic E-state index is 12.0. The highest BCUT2D eigenvalue weighted by Gasteiger charge is 2.22. The molecule has 1 aromatic heterocycles. The van der Waals surface area contributed by atoms with Gasteiger partial charge in [0.05, 0.1) is 0 Å². The number of rotatable bonds is 1. The fourth-order valence-electron chi connectivity index (χ4n) is 3.09. The summed E-state index contributed by atoms with van der Waals surface area (Å²) in [7, 11) is 1.68. The first kappa shape index (κ1) is 12.0. The largest absolute Gasteiger partial charge is 0.355 e. The molecule has 1 aliphatic rings. The summed E-state index contributed by atoms with van der Waals surface area (Å²) in [5, 5.41) is 2.73. The second-order valence-electron chi connectivity index (χ2n) is 5.14. The van der Waals surface area contributed by atoms with Gasteiger partial charge in [0.2, 0.25) is 0 Å². The van der Waals surface area contributed by atoms with Crippen LogP contribution in [0.2, 0.25) is 0 Å². The van der Waals surface area contributed by atoms with Gasteiger partial charge in [-0.1, -0.05) is 0 Å². The Kier molecular flexibility index (Phi) is 2.70. The van der Waals surface area contributed by atoms with E-state index in [1.807, 2.05) is 6.07 Å². The first-order chi connectivity index (χ1) is 9.13. The van der Waals surface area contributed by atoms with Crippen molar-refractivity contribution in [3.63, 3.8) is 0 Å². The highest BCUT2D eigenvalue weighted by atomic mass is 16.1. The molecule has 0 unspecified atom stereocenters. The van der Waals surface area contributed by atoms with Gasteiger partial charge in [-0.15, -0.1) is 0 Å². The first-order valence-corrected chi connectivity index (χ1v) is 6.64. The van der Waals surface area contributed by atoms with E-state index in [1.165, 1.54) is 22.4 Å². The van der Waals surface area contributed by atoms with Gasteiger partial charge in [0.15, 0.2) is 0 Å². The molecule has 0 fully saturated rings. The Bertz CT molecular complexity index is 668. The number of aryl methyl sites for hydroxylation is 2. The van der Waals surface area contributed by atoms with Crippen molar-refractivity contribution in [1.29, 1.82) is 0 Å². The van der Waals surface area contributed by atoms with E-state index in [1.54, 1.807) is 7.05 Å². The SMILES string of the molecule is CNC(=O)c1cc(C)c2c(c1C)CCn1cccc1-2. The number of nitrogens with zero attached hydrogens (tertiary/aromatic N) is 1. The Labute approximate surface area is 113 Å². The molecule has 1 aromatic carbocycles. The minimum atomic E-state index is 0.00403. The Morgan fingerprint density at radius 3 is 2.89 bits per heavy atom. The number of fused-ring (bicyclic) bond motifs is 3. The molecule has 0 saturated carbocycles. The molecule has 98 valence electrons. The number of hydrogen-bond donors (Lipinski definition) is 1. The molecule has 1 amide bonds. The van der Waals surface area contributed by atoms with Gasteiger partial charge in [-0.25, -0.2) is 0 Å². The van der Waals surface area contributed by atoms with Gasteiger partial charge in [0.25, 0.3) is 5.91 Å². The van der Waals surface area contributed by atoms with Crippen LogP contribution < -0.4 is 5.32 Å². The van der Waals surface area contributed by atoms with E-state index in [-0.39, 0.29) is 5.91 Å². The summed E-state index contributed by atoms with van der Waals surface area (Å²) in [6, 6.07) is 6.26. The average Bonchev–Trinajstić information content (AvgIpc) is 2.89. The minimum Gasteiger partial charge on any atom is -0.355 e. The van der Waals surface area contributed by atoms with Gasteiger partial charge in [-0.05, 0) is 55.2 Å². The normalized spacial score (nSPS) is 12.8. The third-order valence-electron chi connectivity index (χ3n) is 4.07. The predicted octanol–water partition coefficient (Wildman–Crippen LogP) is 2.69. The molecule has 3 heteroatoms. The summed E-state index contributed by atoms with van der Waals surface area (Å²) in [5.74, 6) is 0.00403. The lowest BCUT2D eigenvalue weighted by Gasteiger charge is -2.24. The predicted molar refractivity (Wildman–Crippen MR) is 76.4 cm³/mol. The zero-order valence-electron chi connectivity index (χ0n) is 11.6. The molecule has 0 atom stereocenters. The van der Waals surface area contributed by atoms with E-state index in [0.717, 1.165) is 24.1 Å². The third-order valence-corrected chi connectivity index (χ3v) is 4.07. The van der Waals surface area contributed by atoms with Crippen molar-refractivity contribution in [2.24, 2.45) is 0 Å². The molecule has 0 radical (unpaired) electrons. The maximum Gasteiger partial charge on any atom is 0.251 e. The van der Waals surface area contributed by atoms with Crippen LogP contribution in [0.25, 0.3) is 11.3 Å². The van der Waals surface area contributed by atoms with E-state index >= 15 is 0 Å². The maximum atomic E-state index is 12.0. The number of carbonyl (C=O) groups excluding carboxylic acids is 1. The van der Waals surface area contributed by atoms with Crippen LogP contribution in [-0.2, 0) is 13.0 Å². The van der Waals surface area contributed by atoms with Gasteiger partial charge in [-0.3, -0.25) is 4.79 Å². The monoisotopic (exact) mass is 254 g/mol. The molecule has 3 rings (SSSR count). The number of aromatic nitrogens is 1. The van der Waals surface area contributed by atoms with Crippen LogP contribution in [0.3, 0.4) is 0 Å². The van der Waals surface area contributed by atoms with Crippen molar-refractivity contribution >= 4 is 5.91 Å². The van der Waals surface area contributed by atoms with Crippen LogP contribution in [0.15, 0.2) is 24.4 Å². The number of benzene rings is 1. The summed E-state index contributed by atoms with van der Waals surface area (Å²) >= 11 is 0. The molecule has 0 spiro atoms. The molecule has 2 aromatic rings. The lowest BCUT2D eigenvalue weighted by molar-refractivity contribution is 0.0962. The van der Waals surface area contributed by atoms with Crippen LogP contribution in [-0.4, -0.2) is 17.5 Å².